The second-order valence-corrected chi connectivity index (χ2v) is 5.59. The van der Waals surface area contributed by atoms with Crippen molar-refractivity contribution in [2.24, 2.45) is 0 Å². The molecule has 1 aromatic carbocycles. The van der Waals surface area contributed by atoms with E-state index in [-0.39, 0.29) is 18.4 Å². The van der Waals surface area contributed by atoms with Gasteiger partial charge in [-0.3, -0.25) is 9.59 Å². The minimum Gasteiger partial charge on any atom is -0.481 e. The molecule has 0 aliphatic rings. The molecule has 0 bridgehead atoms. The summed E-state index contributed by atoms with van der Waals surface area (Å²) in [7, 11) is 0. The van der Waals surface area contributed by atoms with Gasteiger partial charge in [0.15, 0.2) is 0 Å². The van der Waals surface area contributed by atoms with Crippen molar-refractivity contribution in [2.75, 3.05) is 6.54 Å². The summed E-state index contributed by atoms with van der Waals surface area (Å²) in [6.45, 7) is 4.13. The topological polar surface area (TPSA) is 57.6 Å². The Morgan fingerprint density at radius 2 is 2.05 bits per heavy atom. The number of fused-ring (bicyclic) bond motifs is 1. The number of carboxylic acid groups (broad SMARTS) is 1. The van der Waals surface area contributed by atoms with Crippen molar-refractivity contribution in [3.63, 3.8) is 0 Å². The van der Waals surface area contributed by atoms with E-state index in [1.807, 2.05) is 36.6 Å². The molecule has 1 unspecified atom stereocenters. The molecular weight excluding hydrogens is 274 g/mol. The summed E-state index contributed by atoms with van der Waals surface area (Å²) in [4.78, 5) is 25.0. The zero-order valence-electron chi connectivity index (χ0n) is 11.5. The number of carbonyl (C=O) groups excluding carboxylic acids is 1. The van der Waals surface area contributed by atoms with Crippen LogP contribution in [-0.4, -0.2) is 34.5 Å². The number of hydrogen-bond acceptors (Lipinski definition) is 3. The first-order valence-electron chi connectivity index (χ1n) is 6.53. The Morgan fingerprint density at radius 1 is 1.35 bits per heavy atom. The van der Waals surface area contributed by atoms with E-state index in [9.17, 15) is 9.59 Å². The van der Waals surface area contributed by atoms with Crippen LogP contribution < -0.4 is 0 Å². The van der Waals surface area contributed by atoms with E-state index in [0.29, 0.717) is 12.1 Å². The average molecular weight is 291 g/mol. The molecule has 1 heterocycles. The Bertz CT molecular complexity index is 635. The van der Waals surface area contributed by atoms with Gasteiger partial charge in [-0.15, -0.1) is 11.3 Å². The van der Waals surface area contributed by atoms with Gasteiger partial charge in [0.1, 0.15) is 0 Å². The number of aliphatic carboxylic acids is 1. The third-order valence-electron chi connectivity index (χ3n) is 3.32. The highest BCUT2D eigenvalue weighted by molar-refractivity contribution is 7.17. The molecule has 2 rings (SSSR count). The zero-order chi connectivity index (χ0) is 14.7. The van der Waals surface area contributed by atoms with Crippen LogP contribution in [0.5, 0.6) is 0 Å². The number of amides is 1. The highest BCUT2D eigenvalue weighted by atomic mass is 32.1. The zero-order valence-corrected chi connectivity index (χ0v) is 12.3. The van der Waals surface area contributed by atoms with Crippen LogP contribution in [-0.2, 0) is 4.79 Å². The minimum atomic E-state index is -0.890. The molecule has 106 valence electrons. The van der Waals surface area contributed by atoms with Gasteiger partial charge in [-0.2, -0.15) is 0 Å². The molecule has 1 N–H and O–H groups in total. The molecule has 4 nitrogen and oxygen atoms in total. The third-order valence-corrected chi connectivity index (χ3v) is 4.28. The van der Waals surface area contributed by atoms with Gasteiger partial charge in [0, 0.05) is 28.1 Å². The average Bonchev–Trinajstić information content (AvgIpc) is 2.82. The van der Waals surface area contributed by atoms with Crippen molar-refractivity contribution in [3.8, 4) is 0 Å². The van der Waals surface area contributed by atoms with Crippen molar-refractivity contribution >= 4 is 33.3 Å². The normalized spacial score (nSPS) is 12.3. The van der Waals surface area contributed by atoms with E-state index in [2.05, 4.69) is 0 Å². The van der Waals surface area contributed by atoms with Crippen LogP contribution in [0, 0.1) is 0 Å². The molecule has 0 radical (unpaired) electrons. The molecule has 0 saturated carbocycles. The summed E-state index contributed by atoms with van der Waals surface area (Å²) in [5.74, 6) is -0.988. The van der Waals surface area contributed by atoms with Gasteiger partial charge < -0.3 is 10.0 Å². The van der Waals surface area contributed by atoms with Crippen molar-refractivity contribution in [2.45, 2.75) is 26.3 Å². The van der Waals surface area contributed by atoms with Gasteiger partial charge in [-0.05, 0) is 19.9 Å². The Balaban J connectivity index is 2.31. The van der Waals surface area contributed by atoms with Gasteiger partial charge in [-0.25, -0.2) is 0 Å². The molecule has 20 heavy (non-hydrogen) atoms. The monoisotopic (exact) mass is 291 g/mol. The third kappa shape index (κ3) is 2.82. The predicted molar refractivity (Wildman–Crippen MR) is 80.3 cm³/mol. The van der Waals surface area contributed by atoms with Crippen LogP contribution in [0.4, 0.5) is 0 Å². The lowest BCUT2D eigenvalue weighted by atomic mass is 10.1. The predicted octanol–water partition coefficient (Wildman–Crippen LogP) is 3.23. The van der Waals surface area contributed by atoms with E-state index in [1.165, 1.54) is 11.3 Å². The van der Waals surface area contributed by atoms with E-state index in [4.69, 9.17) is 5.11 Å². The molecule has 1 amide bonds. The second-order valence-electron chi connectivity index (χ2n) is 4.68. The molecule has 1 aromatic heterocycles. The van der Waals surface area contributed by atoms with Crippen LogP contribution >= 0.6 is 11.3 Å². The number of benzene rings is 1. The molecule has 1 atom stereocenters. The molecule has 0 aliphatic carbocycles. The van der Waals surface area contributed by atoms with E-state index < -0.39 is 5.97 Å². The summed E-state index contributed by atoms with van der Waals surface area (Å²) in [6.07, 6.45) is -0.0400. The lowest BCUT2D eigenvalue weighted by Gasteiger charge is -2.26. The van der Waals surface area contributed by atoms with Crippen LogP contribution in [0.15, 0.2) is 29.6 Å². The van der Waals surface area contributed by atoms with Gasteiger partial charge in [0.25, 0.3) is 5.91 Å². The Kier molecular flexibility index (Phi) is 4.39. The van der Waals surface area contributed by atoms with Crippen LogP contribution in [0.2, 0.25) is 0 Å². The first-order chi connectivity index (χ1) is 9.54. The summed E-state index contributed by atoms with van der Waals surface area (Å²) in [5, 5.41) is 11.7. The smallest absolute Gasteiger partial charge is 0.305 e. The van der Waals surface area contributed by atoms with Gasteiger partial charge >= 0.3 is 5.97 Å². The first-order valence-corrected chi connectivity index (χ1v) is 7.41. The number of nitrogens with zero attached hydrogens (tertiary/aromatic N) is 1. The molecule has 5 heteroatoms. The maximum Gasteiger partial charge on any atom is 0.305 e. The molecule has 0 fully saturated rings. The number of rotatable bonds is 5. The molecule has 0 aliphatic heterocycles. The number of carbonyl (C=O) groups is 2. The van der Waals surface area contributed by atoms with E-state index in [1.54, 1.807) is 11.8 Å². The number of hydrogen-bond donors (Lipinski definition) is 1. The van der Waals surface area contributed by atoms with Gasteiger partial charge in [0.05, 0.1) is 12.0 Å². The van der Waals surface area contributed by atoms with Crippen LogP contribution in [0.1, 0.15) is 30.6 Å². The van der Waals surface area contributed by atoms with Crippen molar-refractivity contribution in [1.29, 1.82) is 0 Å². The Hall–Kier alpha value is -1.88. The lowest BCUT2D eigenvalue weighted by Crippen LogP contribution is -2.39. The van der Waals surface area contributed by atoms with E-state index >= 15 is 0 Å². The van der Waals surface area contributed by atoms with Crippen molar-refractivity contribution in [3.05, 3.63) is 35.2 Å². The first kappa shape index (κ1) is 14.5. The summed E-state index contributed by atoms with van der Waals surface area (Å²) in [5.41, 5.74) is 0.657. The maximum absolute atomic E-state index is 12.6. The second kappa shape index (κ2) is 6.05. The molecular formula is C15H17NO3S. The van der Waals surface area contributed by atoms with Crippen LogP contribution in [0.25, 0.3) is 10.1 Å². The standard InChI is InChI=1S/C15H17NO3S/c1-3-16(10(2)8-14(17)18)15(19)12-9-20-13-7-5-4-6-11(12)13/h4-7,9-10H,3,8H2,1-2H3,(H,17,18). The highest BCUT2D eigenvalue weighted by Crippen LogP contribution is 2.27. The summed E-state index contributed by atoms with van der Waals surface area (Å²) >= 11 is 1.53. The summed E-state index contributed by atoms with van der Waals surface area (Å²) in [6, 6.07) is 7.44. The quantitative estimate of drug-likeness (QED) is 0.920. The van der Waals surface area contributed by atoms with Gasteiger partial charge in [-0.1, -0.05) is 18.2 Å². The Morgan fingerprint density at radius 3 is 2.70 bits per heavy atom. The fourth-order valence-corrected chi connectivity index (χ4v) is 3.25. The number of thiophene rings is 1. The van der Waals surface area contributed by atoms with Gasteiger partial charge in [0.2, 0.25) is 0 Å². The van der Waals surface area contributed by atoms with Crippen LogP contribution in [0.3, 0.4) is 0 Å². The Labute approximate surface area is 121 Å². The van der Waals surface area contributed by atoms with Crippen molar-refractivity contribution < 1.29 is 14.7 Å². The van der Waals surface area contributed by atoms with Crippen molar-refractivity contribution in [1.82, 2.24) is 4.90 Å². The maximum atomic E-state index is 12.6. The molecule has 0 saturated heterocycles. The highest BCUT2D eigenvalue weighted by Gasteiger charge is 2.23. The molecule has 2 aromatic rings. The van der Waals surface area contributed by atoms with E-state index in [0.717, 1.165) is 10.1 Å². The summed E-state index contributed by atoms with van der Waals surface area (Å²) < 4.78 is 1.07. The largest absolute Gasteiger partial charge is 0.481 e. The fraction of sp³-hybridized carbons (Fsp3) is 0.333. The lowest BCUT2D eigenvalue weighted by molar-refractivity contribution is -0.138. The number of carboxylic acids is 1. The molecule has 0 spiro atoms. The minimum absolute atomic E-state index is 0.0400. The SMILES string of the molecule is CCN(C(=O)c1csc2ccccc12)C(C)CC(=O)O. The fourth-order valence-electron chi connectivity index (χ4n) is 2.32.